The largest absolute Gasteiger partial charge is 0.468 e. The molecule has 0 fully saturated rings. The van der Waals surface area contributed by atoms with Crippen molar-refractivity contribution in [1.29, 1.82) is 0 Å². The molecule has 0 spiro atoms. The lowest BCUT2D eigenvalue weighted by Gasteiger charge is -2.26. The Hall–Kier alpha value is -3.30. The predicted octanol–water partition coefficient (Wildman–Crippen LogP) is 3.20. The summed E-state index contributed by atoms with van der Waals surface area (Å²) in [6.07, 6.45) is -2.59. The normalized spacial score (nSPS) is 16.3. The monoisotopic (exact) mass is 435 g/mol. The lowest BCUT2D eigenvalue weighted by Crippen LogP contribution is -2.40. The third-order valence-corrected chi connectivity index (χ3v) is 4.57. The van der Waals surface area contributed by atoms with E-state index in [9.17, 15) is 18.0 Å². The lowest BCUT2D eigenvalue weighted by molar-refractivity contribution is -0.154. The molecule has 2 heterocycles. The highest BCUT2D eigenvalue weighted by molar-refractivity contribution is 5.94. The van der Waals surface area contributed by atoms with E-state index in [1.807, 2.05) is 31.2 Å². The standard InChI is InChI=1S/C21H24F3N5O2/c1-2-25-20(27-11-14-7-8-19(26-10-14)31-13-21(22,23)24)28-12-15-9-18(30)29-17-6-4-3-5-16(15)17/h3-8,10,15H,2,9,11-13H2,1H3,(H,29,30)(H2,25,27,28). The summed E-state index contributed by atoms with van der Waals surface area (Å²) < 4.78 is 41.2. The van der Waals surface area contributed by atoms with Crippen molar-refractivity contribution >= 4 is 17.6 Å². The zero-order valence-electron chi connectivity index (χ0n) is 17.0. The Morgan fingerprint density at radius 3 is 2.77 bits per heavy atom. The molecule has 0 saturated carbocycles. The Bertz CT molecular complexity index is 916. The van der Waals surface area contributed by atoms with Gasteiger partial charge in [0.15, 0.2) is 12.6 Å². The fraction of sp³-hybridized carbons (Fsp3) is 0.381. The molecule has 1 atom stereocenters. The van der Waals surface area contributed by atoms with Crippen LogP contribution in [0.15, 0.2) is 47.6 Å². The molecule has 1 aromatic heterocycles. The first-order chi connectivity index (χ1) is 14.8. The van der Waals surface area contributed by atoms with Crippen molar-refractivity contribution in [3.8, 4) is 5.88 Å². The fourth-order valence-electron chi connectivity index (χ4n) is 3.16. The van der Waals surface area contributed by atoms with E-state index < -0.39 is 12.8 Å². The molecule has 1 amide bonds. The Balaban J connectivity index is 1.59. The molecule has 0 bridgehead atoms. The molecular formula is C21H24F3N5O2. The molecule has 3 rings (SSSR count). The maximum atomic E-state index is 12.2. The first-order valence-corrected chi connectivity index (χ1v) is 9.89. The van der Waals surface area contributed by atoms with Gasteiger partial charge in [0.2, 0.25) is 11.8 Å². The minimum atomic E-state index is -4.41. The van der Waals surface area contributed by atoms with Crippen LogP contribution >= 0.6 is 0 Å². The van der Waals surface area contributed by atoms with Crippen molar-refractivity contribution in [2.24, 2.45) is 4.99 Å². The van der Waals surface area contributed by atoms with Crippen LogP contribution in [0.25, 0.3) is 0 Å². The minimum Gasteiger partial charge on any atom is -0.468 e. The highest BCUT2D eigenvalue weighted by Crippen LogP contribution is 2.31. The van der Waals surface area contributed by atoms with Crippen LogP contribution in [0.2, 0.25) is 0 Å². The number of carbonyl (C=O) groups excluding carboxylic acids is 1. The van der Waals surface area contributed by atoms with Crippen molar-refractivity contribution < 1.29 is 22.7 Å². The second-order valence-corrected chi connectivity index (χ2v) is 7.02. The lowest BCUT2D eigenvalue weighted by atomic mass is 9.90. The van der Waals surface area contributed by atoms with Crippen molar-refractivity contribution in [2.45, 2.75) is 32.0 Å². The summed E-state index contributed by atoms with van der Waals surface area (Å²) in [5, 5.41) is 9.28. The number of carbonyl (C=O) groups is 1. The van der Waals surface area contributed by atoms with Gasteiger partial charge in [-0.15, -0.1) is 0 Å². The summed E-state index contributed by atoms with van der Waals surface area (Å²) in [6.45, 7) is 2.02. The quantitative estimate of drug-likeness (QED) is 0.459. The fourth-order valence-corrected chi connectivity index (χ4v) is 3.16. The number of hydrogen-bond donors (Lipinski definition) is 3. The first kappa shape index (κ1) is 22.4. The highest BCUT2D eigenvalue weighted by Gasteiger charge is 2.28. The van der Waals surface area contributed by atoms with E-state index in [4.69, 9.17) is 0 Å². The van der Waals surface area contributed by atoms with Gasteiger partial charge in [-0.25, -0.2) is 9.98 Å². The highest BCUT2D eigenvalue weighted by atomic mass is 19.4. The van der Waals surface area contributed by atoms with Gasteiger partial charge in [0, 0.05) is 43.4 Å². The smallest absolute Gasteiger partial charge is 0.422 e. The second-order valence-electron chi connectivity index (χ2n) is 7.02. The van der Waals surface area contributed by atoms with Crippen LogP contribution in [-0.2, 0) is 11.3 Å². The average Bonchev–Trinajstić information content (AvgIpc) is 2.74. The molecule has 166 valence electrons. The van der Waals surface area contributed by atoms with Crippen LogP contribution in [0, 0.1) is 0 Å². The number of aliphatic imine (C=N–C) groups is 1. The topological polar surface area (TPSA) is 87.6 Å². The van der Waals surface area contributed by atoms with E-state index in [-0.39, 0.29) is 24.2 Å². The van der Waals surface area contributed by atoms with E-state index in [1.165, 1.54) is 12.3 Å². The van der Waals surface area contributed by atoms with Gasteiger partial charge in [-0.05, 0) is 24.1 Å². The second kappa shape index (κ2) is 10.1. The van der Waals surface area contributed by atoms with Crippen molar-refractivity contribution in [3.05, 3.63) is 53.7 Å². The van der Waals surface area contributed by atoms with Crippen LogP contribution in [0.4, 0.5) is 18.9 Å². The number of pyridine rings is 1. The third kappa shape index (κ3) is 6.87. The Labute approximate surface area is 178 Å². The Morgan fingerprint density at radius 2 is 2.06 bits per heavy atom. The number of fused-ring (bicyclic) bond motifs is 1. The van der Waals surface area contributed by atoms with Crippen LogP contribution < -0.4 is 20.7 Å². The number of alkyl halides is 3. The van der Waals surface area contributed by atoms with Crippen molar-refractivity contribution in [2.75, 3.05) is 25.0 Å². The zero-order valence-corrected chi connectivity index (χ0v) is 17.0. The van der Waals surface area contributed by atoms with Gasteiger partial charge in [-0.2, -0.15) is 13.2 Å². The number of nitrogens with one attached hydrogen (secondary N) is 3. The van der Waals surface area contributed by atoms with Crippen LogP contribution in [0.3, 0.4) is 0 Å². The SMILES string of the molecule is CCNC(=NCc1ccc(OCC(F)(F)F)nc1)NCC1CC(=O)Nc2ccccc21. The number of para-hydroxylation sites is 1. The Morgan fingerprint density at radius 1 is 1.26 bits per heavy atom. The molecule has 31 heavy (non-hydrogen) atoms. The van der Waals surface area contributed by atoms with Crippen LogP contribution in [0.5, 0.6) is 5.88 Å². The molecular weight excluding hydrogens is 411 g/mol. The first-order valence-electron chi connectivity index (χ1n) is 9.89. The molecule has 0 radical (unpaired) electrons. The predicted molar refractivity (Wildman–Crippen MR) is 111 cm³/mol. The molecule has 1 aliphatic heterocycles. The van der Waals surface area contributed by atoms with Crippen molar-refractivity contribution in [3.63, 3.8) is 0 Å². The number of anilines is 1. The number of ether oxygens (including phenoxy) is 1. The molecule has 1 aromatic carbocycles. The number of rotatable bonds is 7. The zero-order chi connectivity index (χ0) is 22.3. The molecule has 0 saturated heterocycles. The van der Waals surface area contributed by atoms with E-state index in [2.05, 4.69) is 30.7 Å². The summed E-state index contributed by atoms with van der Waals surface area (Å²) in [6, 6.07) is 10.7. The molecule has 1 aliphatic rings. The number of halogens is 3. The van der Waals surface area contributed by atoms with Gasteiger partial charge in [-0.1, -0.05) is 24.3 Å². The Kier molecular flexibility index (Phi) is 7.32. The van der Waals surface area contributed by atoms with Gasteiger partial charge in [0.1, 0.15) is 0 Å². The van der Waals surface area contributed by atoms with Gasteiger partial charge >= 0.3 is 6.18 Å². The molecule has 10 heteroatoms. The minimum absolute atomic E-state index is 0.0144. The van der Waals surface area contributed by atoms with Crippen LogP contribution in [0.1, 0.15) is 30.4 Å². The maximum Gasteiger partial charge on any atom is 0.422 e. The van der Waals surface area contributed by atoms with Gasteiger partial charge in [0.05, 0.1) is 6.54 Å². The number of nitrogens with zero attached hydrogens (tertiary/aromatic N) is 2. The van der Waals surface area contributed by atoms with E-state index >= 15 is 0 Å². The molecule has 3 N–H and O–H groups in total. The van der Waals surface area contributed by atoms with Gasteiger partial charge < -0.3 is 20.7 Å². The number of hydrogen-bond acceptors (Lipinski definition) is 4. The maximum absolute atomic E-state index is 12.2. The van der Waals surface area contributed by atoms with Crippen molar-refractivity contribution in [1.82, 2.24) is 15.6 Å². The summed E-state index contributed by atoms with van der Waals surface area (Å²) in [7, 11) is 0. The molecule has 7 nitrogen and oxygen atoms in total. The molecule has 1 unspecified atom stereocenters. The average molecular weight is 435 g/mol. The van der Waals surface area contributed by atoms with E-state index in [1.54, 1.807) is 6.07 Å². The summed E-state index contributed by atoms with van der Waals surface area (Å²) >= 11 is 0. The third-order valence-electron chi connectivity index (χ3n) is 4.57. The summed E-state index contributed by atoms with van der Waals surface area (Å²) in [5.74, 6) is 0.472. The summed E-state index contributed by atoms with van der Waals surface area (Å²) in [4.78, 5) is 20.4. The summed E-state index contributed by atoms with van der Waals surface area (Å²) in [5.41, 5.74) is 2.62. The number of aromatic nitrogens is 1. The number of amides is 1. The van der Waals surface area contributed by atoms with Crippen LogP contribution in [-0.4, -0.2) is 42.7 Å². The number of benzene rings is 1. The van der Waals surface area contributed by atoms with Gasteiger partial charge in [0.25, 0.3) is 0 Å². The van der Waals surface area contributed by atoms with E-state index in [0.29, 0.717) is 25.5 Å². The number of guanidine groups is 1. The molecule has 0 aliphatic carbocycles. The van der Waals surface area contributed by atoms with Gasteiger partial charge in [-0.3, -0.25) is 4.79 Å². The van der Waals surface area contributed by atoms with E-state index in [0.717, 1.165) is 16.8 Å². The molecule has 2 aromatic rings.